The normalized spacial score (nSPS) is 25.1. The number of fused-ring (bicyclic) bond motifs is 1. The van der Waals surface area contributed by atoms with Gasteiger partial charge in [-0.25, -0.2) is 0 Å². The second-order valence-electron chi connectivity index (χ2n) is 4.02. The lowest BCUT2D eigenvalue weighted by Crippen LogP contribution is -2.23. The Labute approximate surface area is 90.5 Å². The van der Waals surface area contributed by atoms with Gasteiger partial charge >= 0.3 is 0 Å². The summed E-state index contributed by atoms with van der Waals surface area (Å²) < 4.78 is 0. The number of hydrogen-bond acceptors (Lipinski definition) is 1. The minimum absolute atomic E-state index is 0.494. The Morgan fingerprint density at radius 2 is 2.29 bits per heavy atom. The standard InChI is InChI=1S/C12H16ClN/c1-3-14-12-8(2)7-10-9(12)5-4-6-11(10)13/h4-6,8,12,14H,3,7H2,1-2H3. The molecule has 14 heavy (non-hydrogen) atoms. The molecule has 0 aliphatic heterocycles. The van der Waals surface area contributed by atoms with Crippen LogP contribution in [-0.4, -0.2) is 6.54 Å². The van der Waals surface area contributed by atoms with Gasteiger partial charge in [0.05, 0.1) is 0 Å². The second kappa shape index (κ2) is 3.92. The largest absolute Gasteiger partial charge is 0.310 e. The van der Waals surface area contributed by atoms with E-state index in [1.54, 1.807) is 0 Å². The fourth-order valence-electron chi connectivity index (χ4n) is 2.36. The third-order valence-corrected chi connectivity index (χ3v) is 3.36. The molecule has 0 amide bonds. The highest BCUT2D eigenvalue weighted by Gasteiger charge is 2.29. The molecule has 2 unspecified atom stereocenters. The summed E-state index contributed by atoms with van der Waals surface area (Å²) in [6.45, 7) is 5.44. The first kappa shape index (κ1) is 10.0. The van der Waals surface area contributed by atoms with Gasteiger partial charge in [-0.15, -0.1) is 0 Å². The predicted octanol–water partition coefficient (Wildman–Crippen LogP) is 3.18. The summed E-state index contributed by atoms with van der Waals surface area (Å²) in [6, 6.07) is 6.72. The van der Waals surface area contributed by atoms with Crippen molar-refractivity contribution in [3.8, 4) is 0 Å². The molecule has 1 aromatic carbocycles. The number of nitrogens with one attached hydrogen (secondary N) is 1. The summed E-state index contributed by atoms with van der Waals surface area (Å²) >= 11 is 6.17. The van der Waals surface area contributed by atoms with Gasteiger partial charge in [0.15, 0.2) is 0 Å². The van der Waals surface area contributed by atoms with E-state index in [4.69, 9.17) is 11.6 Å². The smallest absolute Gasteiger partial charge is 0.0441 e. The molecule has 0 radical (unpaired) electrons. The van der Waals surface area contributed by atoms with Gasteiger partial charge in [-0.1, -0.05) is 37.6 Å². The zero-order valence-electron chi connectivity index (χ0n) is 8.68. The molecule has 0 saturated carbocycles. The van der Waals surface area contributed by atoms with E-state index < -0.39 is 0 Å². The van der Waals surface area contributed by atoms with Crippen molar-refractivity contribution in [3.63, 3.8) is 0 Å². The van der Waals surface area contributed by atoms with Crippen LogP contribution in [0, 0.1) is 5.92 Å². The van der Waals surface area contributed by atoms with Gasteiger partial charge < -0.3 is 5.32 Å². The molecule has 0 bridgehead atoms. The predicted molar refractivity (Wildman–Crippen MR) is 60.7 cm³/mol. The highest BCUT2D eigenvalue weighted by molar-refractivity contribution is 6.31. The van der Waals surface area contributed by atoms with Crippen molar-refractivity contribution in [1.29, 1.82) is 0 Å². The van der Waals surface area contributed by atoms with Gasteiger partial charge in [0.1, 0.15) is 0 Å². The van der Waals surface area contributed by atoms with Crippen LogP contribution in [-0.2, 0) is 6.42 Å². The van der Waals surface area contributed by atoms with Crippen LogP contribution in [0.5, 0.6) is 0 Å². The van der Waals surface area contributed by atoms with Crippen molar-refractivity contribution in [2.45, 2.75) is 26.3 Å². The number of benzene rings is 1. The molecule has 0 aromatic heterocycles. The van der Waals surface area contributed by atoms with Crippen molar-refractivity contribution in [1.82, 2.24) is 5.32 Å². The van der Waals surface area contributed by atoms with Crippen LogP contribution in [0.25, 0.3) is 0 Å². The van der Waals surface area contributed by atoms with Gasteiger partial charge in [0, 0.05) is 11.1 Å². The first-order valence-electron chi connectivity index (χ1n) is 5.24. The average molecular weight is 210 g/mol. The van der Waals surface area contributed by atoms with E-state index in [0.717, 1.165) is 18.0 Å². The molecular weight excluding hydrogens is 194 g/mol. The van der Waals surface area contributed by atoms with Crippen molar-refractivity contribution in [2.24, 2.45) is 5.92 Å². The Hall–Kier alpha value is -0.530. The molecule has 2 heteroatoms. The van der Waals surface area contributed by atoms with Gasteiger partial charge in [-0.05, 0) is 36.1 Å². The Bertz CT molecular complexity index is 335. The monoisotopic (exact) mass is 209 g/mol. The highest BCUT2D eigenvalue weighted by Crippen LogP contribution is 2.38. The molecule has 1 aliphatic carbocycles. The van der Waals surface area contributed by atoms with Crippen LogP contribution in [0.2, 0.25) is 5.02 Å². The lowest BCUT2D eigenvalue weighted by atomic mass is 10.0. The maximum Gasteiger partial charge on any atom is 0.0441 e. The Morgan fingerprint density at radius 1 is 1.50 bits per heavy atom. The lowest BCUT2D eigenvalue weighted by molar-refractivity contribution is 0.426. The maximum atomic E-state index is 6.17. The first-order valence-corrected chi connectivity index (χ1v) is 5.62. The first-order chi connectivity index (χ1) is 6.74. The molecular formula is C12H16ClN. The Balaban J connectivity index is 2.37. The molecule has 0 heterocycles. The third-order valence-electron chi connectivity index (χ3n) is 3.01. The third kappa shape index (κ3) is 1.55. The molecule has 2 atom stereocenters. The van der Waals surface area contributed by atoms with Gasteiger partial charge in [0.25, 0.3) is 0 Å². The topological polar surface area (TPSA) is 12.0 Å². The van der Waals surface area contributed by atoms with E-state index >= 15 is 0 Å². The SMILES string of the molecule is CCNC1c2cccc(Cl)c2CC1C. The Kier molecular flexibility index (Phi) is 2.80. The van der Waals surface area contributed by atoms with Crippen LogP contribution in [0.3, 0.4) is 0 Å². The fourth-order valence-corrected chi connectivity index (χ4v) is 2.62. The summed E-state index contributed by atoms with van der Waals surface area (Å²) in [5.41, 5.74) is 2.74. The summed E-state index contributed by atoms with van der Waals surface area (Å²) in [4.78, 5) is 0. The minimum Gasteiger partial charge on any atom is -0.310 e. The van der Waals surface area contributed by atoms with E-state index in [-0.39, 0.29) is 0 Å². The van der Waals surface area contributed by atoms with E-state index in [0.29, 0.717) is 12.0 Å². The van der Waals surface area contributed by atoms with Crippen LogP contribution in [0.4, 0.5) is 0 Å². The van der Waals surface area contributed by atoms with Gasteiger partial charge in [-0.3, -0.25) is 0 Å². The highest BCUT2D eigenvalue weighted by atomic mass is 35.5. The Morgan fingerprint density at radius 3 is 3.00 bits per heavy atom. The number of rotatable bonds is 2. The lowest BCUT2D eigenvalue weighted by Gasteiger charge is -2.17. The van der Waals surface area contributed by atoms with E-state index in [1.165, 1.54) is 11.1 Å². The molecule has 1 N–H and O–H groups in total. The van der Waals surface area contributed by atoms with Crippen LogP contribution in [0.15, 0.2) is 18.2 Å². The zero-order chi connectivity index (χ0) is 10.1. The zero-order valence-corrected chi connectivity index (χ0v) is 9.43. The van der Waals surface area contributed by atoms with Gasteiger partial charge in [0.2, 0.25) is 0 Å². The van der Waals surface area contributed by atoms with E-state index in [1.807, 2.05) is 12.1 Å². The van der Waals surface area contributed by atoms with Crippen LogP contribution < -0.4 is 5.32 Å². The molecule has 76 valence electrons. The average Bonchev–Trinajstić information content (AvgIpc) is 2.47. The summed E-state index contributed by atoms with van der Waals surface area (Å²) in [5.74, 6) is 0.657. The fraction of sp³-hybridized carbons (Fsp3) is 0.500. The van der Waals surface area contributed by atoms with Crippen LogP contribution in [0.1, 0.15) is 31.0 Å². The molecule has 1 nitrogen and oxygen atoms in total. The van der Waals surface area contributed by atoms with Crippen LogP contribution >= 0.6 is 11.6 Å². The molecule has 0 saturated heterocycles. The summed E-state index contributed by atoms with van der Waals surface area (Å²) in [5, 5.41) is 4.44. The molecule has 2 rings (SSSR count). The molecule has 1 aromatic rings. The molecule has 0 fully saturated rings. The quantitative estimate of drug-likeness (QED) is 0.789. The second-order valence-corrected chi connectivity index (χ2v) is 4.43. The van der Waals surface area contributed by atoms with E-state index in [2.05, 4.69) is 25.2 Å². The molecule has 0 spiro atoms. The van der Waals surface area contributed by atoms with Crippen molar-refractivity contribution < 1.29 is 0 Å². The molecule has 1 aliphatic rings. The van der Waals surface area contributed by atoms with Crippen molar-refractivity contribution in [3.05, 3.63) is 34.3 Å². The number of halogens is 1. The maximum absolute atomic E-state index is 6.17. The van der Waals surface area contributed by atoms with Crippen molar-refractivity contribution in [2.75, 3.05) is 6.54 Å². The minimum atomic E-state index is 0.494. The van der Waals surface area contributed by atoms with Gasteiger partial charge in [-0.2, -0.15) is 0 Å². The van der Waals surface area contributed by atoms with E-state index in [9.17, 15) is 0 Å². The summed E-state index contributed by atoms with van der Waals surface area (Å²) in [7, 11) is 0. The summed E-state index contributed by atoms with van der Waals surface area (Å²) in [6.07, 6.45) is 1.10. The number of hydrogen-bond donors (Lipinski definition) is 1. The van der Waals surface area contributed by atoms with Crippen molar-refractivity contribution >= 4 is 11.6 Å².